The zero-order valence-corrected chi connectivity index (χ0v) is 12.7. The van der Waals surface area contributed by atoms with Gasteiger partial charge in [0.05, 0.1) is 0 Å². The van der Waals surface area contributed by atoms with Crippen molar-refractivity contribution in [2.45, 2.75) is 65.1 Å². The summed E-state index contributed by atoms with van der Waals surface area (Å²) in [5.41, 5.74) is 6.54. The molecule has 5 nitrogen and oxygen atoms in total. The zero-order chi connectivity index (χ0) is 14.3. The molecule has 1 saturated carbocycles. The van der Waals surface area contributed by atoms with Crippen LogP contribution in [0.25, 0.3) is 0 Å². The highest BCUT2D eigenvalue weighted by atomic mass is 16.6. The van der Waals surface area contributed by atoms with Crippen molar-refractivity contribution in [1.29, 1.82) is 0 Å². The Morgan fingerprint density at radius 1 is 1.32 bits per heavy atom. The SMILES string of the molecule is CC(C)NNC1CC2(C1)CN(C(=O)OC(C)(C)C)C2. The van der Waals surface area contributed by atoms with Crippen LogP contribution >= 0.6 is 0 Å². The molecule has 2 N–H and O–H groups in total. The molecule has 1 heterocycles. The third kappa shape index (κ3) is 3.60. The van der Waals surface area contributed by atoms with E-state index in [1.807, 2.05) is 25.7 Å². The highest BCUT2D eigenvalue weighted by Crippen LogP contribution is 2.48. The van der Waals surface area contributed by atoms with Crippen LogP contribution in [0.4, 0.5) is 4.79 Å². The van der Waals surface area contributed by atoms with Crippen LogP contribution in [0.2, 0.25) is 0 Å². The highest BCUT2D eigenvalue weighted by molar-refractivity contribution is 5.69. The molecule has 1 amide bonds. The molecule has 1 spiro atoms. The number of rotatable bonds is 3. The fraction of sp³-hybridized carbons (Fsp3) is 0.929. The molecule has 0 bridgehead atoms. The third-order valence-corrected chi connectivity index (χ3v) is 3.64. The third-order valence-electron chi connectivity index (χ3n) is 3.64. The first-order chi connectivity index (χ1) is 8.69. The van der Waals surface area contributed by atoms with E-state index in [2.05, 4.69) is 24.7 Å². The smallest absolute Gasteiger partial charge is 0.410 e. The maximum absolute atomic E-state index is 11.8. The summed E-state index contributed by atoms with van der Waals surface area (Å²) in [5.74, 6) is 0. The summed E-state index contributed by atoms with van der Waals surface area (Å²) in [6.45, 7) is 11.7. The molecule has 2 aliphatic rings. The van der Waals surface area contributed by atoms with E-state index in [4.69, 9.17) is 4.74 Å². The van der Waals surface area contributed by atoms with Gasteiger partial charge in [-0.3, -0.25) is 10.9 Å². The van der Waals surface area contributed by atoms with Gasteiger partial charge in [0.25, 0.3) is 0 Å². The van der Waals surface area contributed by atoms with E-state index in [-0.39, 0.29) is 6.09 Å². The lowest BCUT2D eigenvalue weighted by Gasteiger charge is -2.58. The van der Waals surface area contributed by atoms with Gasteiger partial charge in [-0.2, -0.15) is 0 Å². The Kier molecular flexibility index (Phi) is 3.80. The standard InChI is InChI=1S/C14H27N3O2/c1-10(2)15-16-11-6-14(7-11)8-17(9-14)12(18)19-13(3,4)5/h10-11,15-16H,6-9H2,1-5H3. The van der Waals surface area contributed by atoms with Gasteiger partial charge in [-0.25, -0.2) is 4.79 Å². The number of nitrogens with zero attached hydrogens (tertiary/aromatic N) is 1. The number of carbonyl (C=O) groups excluding carboxylic acids is 1. The summed E-state index contributed by atoms with van der Waals surface area (Å²) >= 11 is 0. The number of likely N-dealkylation sites (tertiary alicyclic amines) is 1. The average molecular weight is 269 g/mol. The van der Waals surface area contributed by atoms with Crippen LogP contribution in [0.5, 0.6) is 0 Å². The maximum Gasteiger partial charge on any atom is 0.410 e. The predicted molar refractivity (Wildman–Crippen MR) is 74.7 cm³/mol. The minimum Gasteiger partial charge on any atom is -0.444 e. The second-order valence-electron chi connectivity index (χ2n) is 7.38. The number of ether oxygens (including phenoxy) is 1. The first-order valence-corrected chi connectivity index (χ1v) is 7.18. The van der Waals surface area contributed by atoms with Crippen molar-refractivity contribution in [3.05, 3.63) is 0 Å². The molecule has 2 rings (SSSR count). The summed E-state index contributed by atoms with van der Waals surface area (Å²) in [7, 11) is 0. The lowest BCUT2D eigenvalue weighted by atomic mass is 9.61. The van der Waals surface area contributed by atoms with E-state index in [0.717, 1.165) is 25.9 Å². The first kappa shape index (κ1) is 14.6. The quantitative estimate of drug-likeness (QED) is 0.768. The maximum atomic E-state index is 11.8. The highest BCUT2D eigenvalue weighted by Gasteiger charge is 2.54. The van der Waals surface area contributed by atoms with E-state index in [1.54, 1.807) is 0 Å². The van der Waals surface area contributed by atoms with Crippen LogP contribution in [0.3, 0.4) is 0 Å². The normalized spacial score (nSPS) is 22.3. The second kappa shape index (κ2) is 4.94. The zero-order valence-electron chi connectivity index (χ0n) is 12.7. The Hall–Kier alpha value is -0.810. The van der Waals surface area contributed by atoms with Gasteiger partial charge in [-0.05, 0) is 47.5 Å². The van der Waals surface area contributed by atoms with Crippen LogP contribution in [0, 0.1) is 5.41 Å². The first-order valence-electron chi connectivity index (χ1n) is 7.18. The lowest BCUT2D eigenvalue weighted by molar-refractivity contribution is -0.0852. The molecule has 0 radical (unpaired) electrons. The van der Waals surface area contributed by atoms with Crippen molar-refractivity contribution in [3.63, 3.8) is 0 Å². The molecule has 1 aliphatic carbocycles. The molecular weight excluding hydrogens is 242 g/mol. The lowest BCUT2D eigenvalue weighted by Crippen LogP contribution is -2.68. The van der Waals surface area contributed by atoms with Crippen molar-refractivity contribution >= 4 is 6.09 Å². The van der Waals surface area contributed by atoms with Crippen molar-refractivity contribution in [1.82, 2.24) is 15.8 Å². The number of carbonyl (C=O) groups is 1. The average Bonchev–Trinajstić information content (AvgIpc) is 2.08. The number of hydrogen-bond donors (Lipinski definition) is 2. The van der Waals surface area contributed by atoms with Crippen LogP contribution in [0.15, 0.2) is 0 Å². The van der Waals surface area contributed by atoms with Crippen molar-refractivity contribution in [3.8, 4) is 0 Å². The molecule has 1 saturated heterocycles. The molecule has 0 atom stereocenters. The van der Waals surface area contributed by atoms with E-state index < -0.39 is 5.60 Å². The van der Waals surface area contributed by atoms with Gasteiger partial charge in [0.1, 0.15) is 5.60 Å². The molecule has 5 heteroatoms. The Bertz CT molecular complexity index is 335. The molecule has 19 heavy (non-hydrogen) atoms. The molecule has 2 fully saturated rings. The molecule has 0 aromatic carbocycles. The summed E-state index contributed by atoms with van der Waals surface area (Å²) in [5, 5.41) is 0. The van der Waals surface area contributed by atoms with Gasteiger partial charge < -0.3 is 9.64 Å². The Morgan fingerprint density at radius 2 is 1.89 bits per heavy atom. The summed E-state index contributed by atoms with van der Waals surface area (Å²) in [4.78, 5) is 13.7. The fourth-order valence-electron chi connectivity index (χ4n) is 2.85. The van der Waals surface area contributed by atoms with Crippen molar-refractivity contribution in [2.75, 3.05) is 13.1 Å². The molecule has 0 aromatic rings. The number of hydrazine groups is 1. The molecule has 0 aromatic heterocycles. The van der Waals surface area contributed by atoms with Crippen LogP contribution < -0.4 is 10.9 Å². The molecular formula is C14H27N3O2. The molecule has 1 aliphatic heterocycles. The van der Waals surface area contributed by atoms with Gasteiger partial charge in [0.15, 0.2) is 0 Å². The number of amides is 1. The van der Waals surface area contributed by atoms with Crippen molar-refractivity contribution in [2.24, 2.45) is 5.41 Å². The largest absolute Gasteiger partial charge is 0.444 e. The minimum atomic E-state index is -0.398. The molecule has 0 unspecified atom stereocenters. The predicted octanol–water partition coefficient (Wildman–Crippen LogP) is 1.89. The van der Waals surface area contributed by atoms with Crippen LogP contribution in [0.1, 0.15) is 47.5 Å². The summed E-state index contributed by atoms with van der Waals surface area (Å²) in [6, 6.07) is 0.999. The summed E-state index contributed by atoms with van der Waals surface area (Å²) in [6.07, 6.45) is 2.12. The van der Waals surface area contributed by atoms with Gasteiger partial charge in [-0.15, -0.1) is 0 Å². The van der Waals surface area contributed by atoms with Crippen molar-refractivity contribution < 1.29 is 9.53 Å². The monoisotopic (exact) mass is 269 g/mol. The molecule has 110 valence electrons. The Balaban J connectivity index is 1.66. The van der Waals surface area contributed by atoms with E-state index in [9.17, 15) is 4.79 Å². The fourth-order valence-corrected chi connectivity index (χ4v) is 2.85. The summed E-state index contributed by atoms with van der Waals surface area (Å²) < 4.78 is 5.37. The Labute approximate surface area is 116 Å². The van der Waals surface area contributed by atoms with Crippen LogP contribution in [-0.2, 0) is 4.74 Å². The number of nitrogens with one attached hydrogen (secondary N) is 2. The van der Waals surface area contributed by atoms with Gasteiger partial charge in [-0.1, -0.05) is 0 Å². The second-order valence-corrected chi connectivity index (χ2v) is 7.38. The Morgan fingerprint density at radius 3 is 2.37 bits per heavy atom. The van der Waals surface area contributed by atoms with E-state index in [0.29, 0.717) is 17.5 Å². The van der Waals surface area contributed by atoms with Gasteiger partial charge in [0, 0.05) is 30.6 Å². The van der Waals surface area contributed by atoms with Gasteiger partial charge in [0.2, 0.25) is 0 Å². The minimum absolute atomic E-state index is 0.171. The number of hydrogen-bond acceptors (Lipinski definition) is 4. The van der Waals surface area contributed by atoms with Crippen LogP contribution in [-0.4, -0.2) is 41.8 Å². The topological polar surface area (TPSA) is 53.6 Å². The van der Waals surface area contributed by atoms with E-state index >= 15 is 0 Å². The van der Waals surface area contributed by atoms with Gasteiger partial charge >= 0.3 is 6.09 Å². The van der Waals surface area contributed by atoms with E-state index in [1.165, 1.54) is 0 Å².